The number of nitrogens with zero attached hydrogens (tertiary/aromatic N) is 6. The van der Waals surface area contributed by atoms with Crippen LogP contribution in [0.2, 0.25) is 0 Å². The average Bonchev–Trinajstić information content (AvgIpc) is 3.53. The Bertz CT molecular complexity index is 1580. The largest absolute Gasteiger partial charge is 0.339 e. The van der Waals surface area contributed by atoms with Crippen LogP contribution in [0.1, 0.15) is 37.6 Å². The van der Waals surface area contributed by atoms with Crippen LogP contribution in [0.15, 0.2) is 43.0 Å². The predicted octanol–water partition coefficient (Wildman–Crippen LogP) is 3.79. The zero-order valence-electron chi connectivity index (χ0n) is 20.2. The molecule has 11 nitrogen and oxygen atoms in total. The molecular weight excluding hydrogens is 458 g/mol. The molecule has 3 N–H and O–H groups in total. The summed E-state index contributed by atoms with van der Waals surface area (Å²) >= 11 is 0. The lowest BCUT2D eigenvalue weighted by molar-refractivity contribution is -0.115. The van der Waals surface area contributed by atoms with Crippen molar-refractivity contribution in [2.24, 2.45) is 0 Å². The lowest BCUT2D eigenvalue weighted by atomic mass is 10.1. The number of fused-ring (bicyclic) bond motifs is 2. The molecule has 5 aromatic rings. The fourth-order valence-corrected chi connectivity index (χ4v) is 4.04. The van der Waals surface area contributed by atoms with E-state index in [-0.39, 0.29) is 11.8 Å². The molecule has 0 saturated carbocycles. The van der Waals surface area contributed by atoms with Crippen molar-refractivity contribution in [1.82, 2.24) is 40.0 Å². The van der Waals surface area contributed by atoms with Crippen molar-refractivity contribution in [2.45, 2.75) is 27.2 Å². The highest BCUT2D eigenvalue weighted by Gasteiger charge is 2.20. The minimum atomic E-state index is -0.0861. The molecular formula is C25H25N9O2. The van der Waals surface area contributed by atoms with Gasteiger partial charge in [-0.2, -0.15) is 5.10 Å². The molecule has 0 aliphatic carbocycles. The van der Waals surface area contributed by atoms with Crippen LogP contribution in [-0.4, -0.2) is 64.9 Å². The van der Waals surface area contributed by atoms with Crippen LogP contribution in [0.4, 0.5) is 5.69 Å². The second kappa shape index (κ2) is 9.53. The summed E-state index contributed by atoms with van der Waals surface area (Å²) in [5.74, 6) is 0.335. The Balaban J connectivity index is 1.56. The summed E-state index contributed by atoms with van der Waals surface area (Å²) in [6, 6.07) is 5.48. The van der Waals surface area contributed by atoms with E-state index in [1.54, 1.807) is 42.7 Å². The van der Waals surface area contributed by atoms with E-state index in [4.69, 9.17) is 0 Å². The molecule has 36 heavy (non-hydrogen) atoms. The third kappa shape index (κ3) is 4.15. The molecule has 5 rings (SSSR count). The lowest BCUT2D eigenvalue weighted by Crippen LogP contribution is -2.30. The molecule has 0 fully saturated rings. The van der Waals surface area contributed by atoms with Crippen LogP contribution in [0.3, 0.4) is 0 Å². The lowest BCUT2D eigenvalue weighted by Gasteiger charge is -2.18. The zero-order chi connectivity index (χ0) is 25.2. The van der Waals surface area contributed by atoms with Crippen molar-refractivity contribution in [3.63, 3.8) is 0 Å². The summed E-state index contributed by atoms with van der Waals surface area (Å²) in [6.07, 6.45) is 6.98. The van der Waals surface area contributed by atoms with E-state index in [0.717, 1.165) is 16.5 Å². The summed E-state index contributed by atoms with van der Waals surface area (Å²) in [5, 5.41) is 10.9. The van der Waals surface area contributed by atoms with Crippen LogP contribution in [0.25, 0.3) is 44.8 Å². The first-order valence-electron chi connectivity index (χ1n) is 11.8. The summed E-state index contributed by atoms with van der Waals surface area (Å²) in [5.41, 5.74) is 4.88. The van der Waals surface area contributed by atoms with E-state index in [1.165, 1.54) is 0 Å². The molecule has 0 aliphatic heterocycles. The Morgan fingerprint density at radius 3 is 2.58 bits per heavy atom. The Hall–Kier alpha value is -4.67. The van der Waals surface area contributed by atoms with Crippen LogP contribution in [-0.2, 0) is 4.79 Å². The maximum absolute atomic E-state index is 13.0. The summed E-state index contributed by atoms with van der Waals surface area (Å²) in [7, 11) is 0. The van der Waals surface area contributed by atoms with Gasteiger partial charge in [0, 0.05) is 49.2 Å². The van der Waals surface area contributed by atoms with Gasteiger partial charge >= 0.3 is 0 Å². The number of imidazole rings is 1. The number of carbonyl (C=O) groups is 2. The third-order valence-electron chi connectivity index (χ3n) is 6.00. The van der Waals surface area contributed by atoms with Gasteiger partial charge in [0.05, 0.1) is 28.4 Å². The Labute approximate surface area is 206 Å². The number of pyridine rings is 3. The molecule has 0 radical (unpaired) electrons. The van der Waals surface area contributed by atoms with Crippen molar-refractivity contribution in [3.8, 4) is 22.6 Å². The Morgan fingerprint density at radius 2 is 1.81 bits per heavy atom. The molecule has 0 spiro atoms. The standard InChI is InChI=1S/C25H25N9O2/c1-4-19(35)29-16-9-14(11-26-13-16)15-10-18-21(32-33-22(18)28-12-15)24-30-20-17(7-8-27-23(20)31-24)25(36)34(5-2)6-3/h7-13H,4-6H2,1-3H3,(H,29,35)(H,27,30,31)(H,28,32,33). The number of anilines is 1. The topological polar surface area (TPSA) is 145 Å². The van der Waals surface area contributed by atoms with Gasteiger partial charge in [-0.25, -0.2) is 15.0 Å². The van der Waals surface area contributed by atoms with Gasteiger partial charge < -0.3 is 15.2 Å². The van der Waals surface area contributed by atoms with Crippen molar-refractivity contribution < 1.29 is 9.59 Å². The number of carbonyl (C=O) groups excluding carboxylic acids is 2. The fourth-order valence-electron chi connectivity index (χ4n) is 4.04. The highest BCUT2D eigenvalue weighted by Crippen LogP contribution is 2.30. The van der Waals surface area contributed by atoms with Gasteiger partial charge in [-0.05, 0) is 32.0 Å². The summed E-state index contributed by atoms with van der Waals surface area (Å²) in [6.45, 7) is 6.90. The number of hydrogen-bond acceptors (Lipinski definition) is 7. The van der Waals surface area contributed by atoms with Crippen molar-refractivity contribution >= 4 is 39.7 Å². The molecule has 0 atom stereocenters. The van der Waals surface area contributed by atoms with Crippen LogP contribution in [0.5, 0.6) is 0 Å². The van der Waals surface area contributed by atoms with E-state index in [9.17, 15) is 9.59 Å². The molecule has 0 unspecified atom stereocenters. The van der Waals surface area contributed by atoms with E-state index in [2.05, 4.69) is 40.4 Å². The molecule has 5 heterocycles. The zero-order valence-corrected chi connectivity index (χ0v) is 20.2. The minimum absolute atomic E-state index is 0.0800. The highest BCUT2D eigenvalue weighted by molar-refractivity contribution is 6.05. The number of aromatic amines is 2. The first-order valence-corrected chi connectivity index (χ1v) is 11.8. The Kier molecular flexibility index (Phi) is 6.11. The second-order valence-corrected chi connectivity index (χ2v) is 8.18. The number of rotatable bonds is 7. The quantitative estimate of drug-likeness (QED) is 0.319. The van der Waals surface area contributed by atoms with Crippen molar-refractivity contribution in [2.75, 3.05) is 18.4 Å². The average molecular weight is 484 g/mol. The molecule has 182 valence electrons. The molecule has 11 heteroatoms. The van der Waals surface area contributed by atoms with E-state index >= 15 is 0 Å². The molecule has 0 bridgehead atoms. The van der Waals surface area contributed by atoms with Crippen LogP contribution in [0, 0.1) is 0 Å². The van der Waals surface area contributed by atoms with Gasteiger partial charge in [-0.1, -0.05) is 6.92 Å². The van der Waals surface area contributed by atoms with Crippen LogP contribution < -0.4 is 5.32 Å². The first kappa shape index (κ1) is 23.1. The number of hydrogen-bond donors (Lipinski definition) is 3. The number of aromatic nitrogens is 7. The number of nitrogens with one attached hydrogen (secondary N) is 3. The normalized spacial score (nSPS) is 11.2. The summed E-state index contributed by atoms with van der Waals surface area (Å²) in [4.78, 5) is 47.5. The van der Waals surface area contributed by atoms with E-state index < -0.39 is 0 Å². The monoisotopic (exact) mass is 483 g/mol. The molecule has 2 amide bonds. The smallest absolute Gasteiger partial charge is 0.256 e. The number of amides is 2. The first-order chi connectivity index (χ1) is 17.5. The second-order valence-electron chi connectivity index (χ2n) is 8.18. The fraction of sp³-hybridized carbons (Fsp3) is 0.240. The molecule has 0 saturated heterocycles. The Morgan fingerprint density at radius 1 is 1.00 bits per heavy atom. The van der Waals surface area contributed by atoms with Crippen molar-refractivity contribution in [1.29, 1.82) is 0 Å². The van der Waals surface area contributed by atoms with Gasteiger partial charge in [0.15, 0.2) is 17.1 Å². The molecule has 0 aliphatic rings. The summed E-state index contributed by atoms with van der Waals surface area (Å²) < 4.78 is 0. The predicted molar refractivity (Wildman–Crippen MR) is 136 cm³/mol. The number of H-pyrrole nitrogens is 2. The molecule has 0 aromatic carbocycles. The van der Waals surface area contributed by atoms with Gasteiger partial charge in [-0.3, -0.25) is 19.7 Å². The van der Waals surface area contributed by atoms with Crippen molar-refractivity contribution in [3.05, 3.63) is 48.5 Å². The van der Waals surface area contributed by atoms with Gasteiger partial charge in [0.25, 0.3) is 5.91 Å². The van der Waals surface area contributed by atoms with E-state index in [1.807, 2.05) is 26.0 Å². The third-order valence-corrected chi connectivity index (χ3v) is 6.00. The van der Waals surface area contributed by atoms with Crippen LogP contribution >= 0.6 is 0 Å². The van der Waals surface area contributed by atoms with E-state index in [0.29, 0.717) is 59.1 Å². The van der Waals surface area contributed by atoms with Gasteiger partial charge in [0.1, 0.15) is 5.69 Å². The van der Waals surface area contributed by atoms with Gasteiger partial charge in [0.2, 0.25) is 5.91 Å². The SMILES string of the molecule is CCC(=O)Nc1cncc(-c2cnc3n[nH]c(-c4nc5nccc(C(=O)N(CC)CC)c5[nH]4)c3c2)c1. The van der Waals surface area contributed by atoms with Gasteiger partial charge in [-0.15, -0.1) is 0 Å². The highest BCUT2D eigenvalue weighted by atomic mass is 16.2. The maximum Gasteiger partial charge on any atom is 0.256 e. The molecule has 5 aromatic heterocycles. The maximum atomic E-state index is 13.0. The minimum Gasteiger partial charge on any atom is -0.339 e.